The summed E-state index contributed by atoms with van der Waals surface area (Å²) in [5.41, 5.74) is -0.162. The van der Waals surface area contributed by atoms with Gasteiger partial charge in [0.25, 0.3) is 0 Å². The Hall–Kier alpha value is -1.28. The van der Waals surface area contributed by atoms with E-state index in [0.29, 0.717) is 18.7 Å². The van der Waals surface area contributed by atoms with Crippen molar-refractivity contribution < 1.29 is 13.2 Å². The molecule has 1 aliphatic heterocycles. The van der Waals surface area contributed by atoms with Crippen LogP contribution >= 0.6 is 24.0 Å². The highest BCUT2D eigenvalue weighted by atomic mass is 35.5. The predicted molar refractivity (Wildman–Crippen MR) is 92.9 cm³/mol. The number of nitrogens with one attached hydrogen (secondary N) is 1. The number of aromatic nitrogens is 2. The van der Waals surface area contributed by atoms with Crippen molar-refractivity contribution in [2.45, 2.75) is 18.8 Å². The van der Waals surface area contributed by atoms with E-state index in [9.17, 15) is 13.2 Å². The van der Waals surface area contributed by atoms with Gasteiger partial charge < -0.3 is 9.88 Å². The summed E-state index contributed by atoms with van der Waals surface area (Å²) in [4.78, 5) is 6.51. The Morgan fingerprint density at radius 3 is 2.72 bits per heavy atom. The molecule has 0 radical (unpaired) electrons. The Morgan fingerprint density at radius 2 is 2.08 bits per heavy atom. The van der Waals surface area contributed by atoms with Gasteiger partial charge in [0.15, 0.2) is 0 Å². The molecule has 4 nitrogen and oxygen atoms in total. The average Bonchev–Trinajstić information content (AvgIpc) is 2.92. The number of rotatable bonds is 3. The van der Waals surface area contributed by atoms with Crippen LogP contribution in [-0.2, 0) is 19.8 Å². The van der Waals surface area contributed by atoms with Crippen molar-refractivity contribution in [1.29, 1.82) is 0 Å². The number of halogens is 5. The molecule has 1 aromatic heterocycles. The Labute approximate surface area is 155 Å². The third-order valence-electron chi connectivity index (χ3n) is 4.18. The molecule has 1 saturated heterocycles. The van der Waals surface area contributed by atoms with Gasteiger partial charge in [-0.2, -0.15) is 13.2 Å². The van der Waals surface area contributed by atoms with Gasteiger partial charge in [0, 0.05) is 50.6 Å². The van der Waals surface area contributed by atoms with E-state index in [1.807, 2.05) is 17.8 Å². The molecule has 1 N–H and O–H groups in total. The molecule has 0 amide bonds. The minimum atomic E-state index is -4.40. The van der Waals surface area contributed by atoms with Gasteiger partial charge in [-0.3, -0.25) is 4.90 Å². The Balaban J connectivity index is 0.00000225. The van der Waals surface area contributed by atoms with Crippen molar-refractivity contribution >= 4 is 24.0 Å². The number of piperazine rings is 1. The average molecular weight is 395 g/mol. The summed E-state index contributed by atoms with van der Waals surface area (Å²) in [5, 5.41) is 3.41. The number of imidazole rings is 1. The first-order chi connectivity index (χ1) is 11.3. The Morgan fingerprint density at radius 1 is 1.32 bits per heavy atom. The zero-order valence-corrected chi connectivity index (χ0v) is 15.1. The summed E-state index contributed by atoms with van der Waals surface area (Å²) in [6.07, 6.45) is -0.811. The minimum Gasteiger partial charge on any atom is -0.337 e. The van der Waals surface area contributed by atoms with Gasteiger partial charge in [-0.05, 0) is 23.8 Å². The molecule has 1 aliphatic rings. The number of hydrogen-bond acceptors (Lipinski definition) is 3. The molecule has 1 fully saturated rings. The fourth-order valence-electron chi connectivity index (χ4n) is 3.03. The van der Waals surface area contributed by atoms with Crippen LogP contribution in [0.1, 0.15) is 23.0 Å². The summed E-state index contributed by atoms with van der Waals surface area (Å²) >= 11 is 5.89. The predicted octanol–water partition coefficient (Wildman–Crippen LogP) is 3.66. The van der Waals surface area contributed by atoms with E-state index < -0.39 is 11.7 Å². The fourth-order valence-corrected chi connectivity index (χ4v) is 3.29. The minimum absolute atomic E-state index is 0. The van der Waals surface area contributed by atoms with Crippen LogP contribution in [-0.4, -0.2) is 34.1 Å². The maximum Gasteiger partial charge on any atom is 0.416 e. The molecule has 0 spiro atoms. The molecular formula is C16H19Cl2F3N4. The molecule has 2 aromatic rings. The second-order valence-electron chi connectivity index (χ2n) is 5.93. The lowest BCUT2D eigenvalue weighted by Gasteiger charge is -2.35. The number of alkyl halides is 3. The molecule has 0 saturated carbocycles. The Kier molecular flexibility index (Phi) is 6.37. The molecule has 3 rings (SSSR count). The maximum absolute atomic E-state index is 13.0. The first kappa shape index (κ1) is 20.0. The lowest BCUT2D eigenvalue weighted by Crippen LogP contribution is -2.46. The van der Waals surface area contributed by atoms with Crippen LogP contribution in [0.3, 0.4) is 0 Å². The van der Waals surface area contributed by atoms with Crippen LogP contribution in [0.4, 0.5) is 13.2 Å². The molecule has 2 heterocycles. The molecule has 25 heavy (non-hydrogen) atoms. The molecule has 1 aromatic carbocycles. The van der Waals surface area contributed by atoms with Crippen LogP contribution in [0, 0.1) is 0 Å². The van der Waals surface area contributed by atoms with Crippen molar-refractivity contribution in [2.24, 2.45) is 7.05 Å². The van der Waals surface area contributed by atoms with Gasteiger partial charge in [-0.15, -0.1) is 12.4 Å². The van der Waals surface area contributed by atoms with Crippen LogP contribution in [0.25, 0.3) is 0 Å². The van der Waals surface area contributed by atoms with Crippen molar-refractivity contribution in [3.8, 4) is 0 Å². The number of nitrogens with zero attached hydrogens (tertiary/aromatic N) is 3. The van der Waals surface area contributed by atoms with Crippen LogP contribution in [0.5, 0.6) is 0 Å². The molecular weight excluding hydrogens is 376 g/mol. The highest BCUT2D eigenvalue weighted by molar-refractivity contribution is 6.30. The first-order valence-electron chi connectivity index (χ1n) is 7.63. The van der Waals surface area contributed by atoms with Crippen LogP contribution < -0.4 is 5.32 Å². The number of benzene rings is 1. The van der Waals surface area contributed by atoms with Gasteiger partial charge in [-0.1, -0.05) is 11.6 Å². The van der Waals surface area contributed by atoms with Gasteiger partial charge in [0.1, 0.15) is 5.82 Å². The molecule has 1 unspecified atom stereocenters. The smallest absolute Gasteiger partial charge is 0.337 e. The number of aryl methyl sites for hydroxylation is 1. The lowest BCUT2D eigenvalue weighted by molar-refractivity contribution is -0.137. The topological polar surface area (TPSA) is 33.1 Å². The van der Waals surface area contributed by atoms with Gasteiger partial charge in [0.05, 0.1) is 11.6 Å². The van der Waals surface area contributed by atoms with E-state index in [2.05, 4.69) is 15.2 Å². The third kappa shape index (κ3) is 4.67. The van der Waals surface area contributed by atoms with Crippen LogP contribution in [0.15, 0.2) is 30.6 Å². The quantitative estimate of drug-likeness (QED) is 0.861. The Bertz CT molecular complexity index is 718. The van der Waals surface area contributed by atoms with Gasteiger partial charge >= 0.3 is 6.18 Å². The maximum atomic E-state index is 13.0. The van der Waals surface area contributed by atoms with E-state index in [1.54, 1.807) is 12.3 Å². The molecule has 0 bridgehead atoms. The van der Waals surface area contributed by atoms with E-state index in [4.69, 9.17) is 11.6 Å². The zero-order valence-electron chi connectivity index (χ0n) is 13.6. The van der Waals surface area contributed by atoms with E-state index in [1.165, 1.54) is 6.07 Å². The van der Waals surface area contributed by atoms with E-state index in [0.717, 1.165) is 25.0 Å². The third-order valence-corrected chi connectivity index (χ3v) is 4.40. The normalized spacial score (nSPS) is 18.8. The highest BCUT2D eigenvalue weighted by Crippen LogP contribution is 2.33. The van der Waals surface area contributed by atoms with Gasteiger partial charge in [0.2, 0.25) is 0 Å². The largest absolute Gasteiger partial charge is 0.416 e. The molecule has 0 aliphatic carbocycles. The SMILES string of the molecule is Cl.Cn1ccnc1C1CNCCN1Cc1cc(Cl)cc(C(F)(F)F)c1. The summed E-state index contributed by atoms with van der Waals surface area (Å²) in [6.45, 7) is 2.61. The summed E-state index contributed by atoms with van der Waals surface area (Å²) in [5.74, 6) is 0.889. The van der Waals surface area contributed by atoms with Crippen molar-refractivity contribution in [1.82, 2.24) is 19.8 Å². The zero-order chi connectivity index (χ0) is 17.3. The highest BCUT2D eigenvalue weighted by Gasteiger charge is 2.32. The van der Waals surface area contributed by atoms with Crippen molar-refractivity contribution in [3.05, 3.63) is 52.6 Å². The molecule has 1 atom stereocenters. The second kappa shape index (κ2) is 7.95. The standard InChI is InChI=1S/C16H18ClF3N4.ClH/c1-23-4-3-22-15(23)14-9-21-2-5-24(14)10-11-6-12(16(18,19)20)8-13(17)7-11;/h3-4,6-8,14,21H,2,5,9-10H2,1H3;1H. The molecule has 138 valence electrons. The van der Waals surface area contributed by atoms with Crippen molar-refractivity contribution in [3.63, 3.8) is 0 Å². The fraction of sp³-hybridized carbons (Fsp3) is 0.438. The summed E-state index contributed by atoms with van der Waals surface area (Å²) in [6, 6.07) is 3.73. The summed E-state index contributed by atoms with van der Waals surface area (Å²) in [7, 11) is 1.91. The monoisotopic (exact) mass is 394 g/mol. The molecule has 9 heteroatoms. The second-order valence-corrected chi connectivity index (χ2v) is 6.37. The van der Waals surface area contributed by atoms with Gasteiger partial charge in [-0.25, -0.2) is 4.98 Å². The van der Waals surface area contributed by atoms with E-state index in [-0.39, 0.29) is 23.5 Å². The first-order valence-corrected chi connectivity index (χ1v) is 8.01. The van der Waals surface area contributed by atoms with Crippen molar-refractivity contribution in [2.75, 3.05) is 19.6 Å². The van der Waals surface area contributed by atoms with E-state index >= 15 is 0 Å². The van der Waals surface area contributed by atoms with Crippen LogP contribution in [0.2, 0.25) is 5.02 Å². The lowest BCUT2D eigenvalue weighted by atomic mass is 10.1. The number of hydrogen-bond donors (Lipinski definition) is 1. The summed E-state index contributed by atoms with van der Waals surface area (Å²) < 4.78 is 40.9.